The Kier molecular flexibility index (Phi) is 7.69. The second-order valence-electron chi connectivity index (χ2n) is 6.78. The number of ether oxygens (including phenoxy) is 3. The van der Waals surface area contributed by atoms with Crippen LogP contribution in [0.5, 0.6) is 5.75 Å². The Morgan fingerprint density at radius 1 is 1.32 bits per heavy atom. The number of terminal acetylenes is 1. The van der Waals surface area contributed by atoms with Crippen molar-refractivity contribution >= 4 is 28.6 Å². The van der Waals surface area contributed by atoms with Crippen LogP contribution in [0.3, 0.4) is 0 Å². The van der Waals surface area contributed by atoms with Gasteiger partial charge in [0.25, 0.3) is 5.91 Å². The Labute approximate surface area is 170 Å². The van der Waals surface area contributed by atoms with Gasteiger partial charge in [0, 0.05) is 31.4 Å². The summed E-state index contributed by atoms with van der Waals surface area (Å²) in [5.74, 6) is 2.91. The molecule has 2 rings (SSSR count). The van der Waals surface area contributed by atoms with Gasteiger partial charge in [-0.1, -0.05) is 5.92 Å². The highest BCUT2D eigenvalue weighted by atomic mass is 32.2. The van der Waals surface area contributed by atoms with Crippen LogP contribution in [0.15, 0.2) is 24.4 Å². The molecule has 1 amide bonds. The van der Waals surface area contributed by atoms with E-state index in [9.17, 15) is 4.79 Å². The van der Waals surface area contributed by atoms with Crippen LogP contribution in [0.25, 0.3) is 10.9 Å². The van der Waals surface area contributed by atoms with Gasteiger partial charge in [0.05, 0.1) is 24.3 Å². The molecule has 1 heterocycles. The molecule has 0 aliphatic heterocycles. The van der Waals surface area contributed by atoms with Crippen LogP contribution in [0.1, 0.15) is 18.1 Å². The number of aromatic nitrogens is 1. The van der Waals surface area contributed by atoms with Gasteiger partial charge in [0.1, 0.15) is 5.75 Å². The van der Waals surface area contributed by atoms with E-state index < -0.39 is 11.0 Å². The minimum atomic E-state index is -0.728. The molecule has 0 fully saturated rings. The Balaban J connectivity index is 2.24. The molecule has 28 heavy (non-hydrogen) atoms. The molecule has 150 valence electrons. The standard InChI is InChI=1S/C21H26N2O4S/c1-7-15-9-16-10-17(8-14(2)18(16)22-11-15)27-20(28-6)19(24)23-21(3,12-25-4)13-26-5/h1,8-11,20H,12-13H2,2-6H3,(H,23,24). The van der Waals surface area contributed by atoms with Gasteiger partial charge in [-0.3, -0.25) is 9.78 Å². The largest absolute Gasteiger partial charge is 0.470 e. The molecule has 0 aliphatic rings. The molecule has 1 aromatic carbocycles. The Hall–Kier alpha value is -2.27. The van der Waals surface area contributed by atoms with Gasteiger partial charge in [-0.15, -0.1) is 18.2 Å². The van der Waals surface area contributed by atoms with Gasteiger partial charge in [-0.2, -0.15) is 0 Å². The topological polar surface area (TPSA) is 69.7 Å². The number of hydrogen-bond donors (Lipinski definition) is 1. The average Bonchev–Trinajstić information content (AvgIpc) is 2.65. The summed E-state index contributed by atoms with van der Waals surface area (Å²) in [5, 5.41) is 3.83. The van der Waals surface area contributed by atoms with Crippen molar-refractivity contribution in [2.45, 2.75) is 24.8 Å². The van der Waals surface area contributed by atoms with Crippen LogP contribution < -0.4 is 10.1 Å². The average molecular weight is 403 g/mol. The summed E-state index contributed by atoms with van der Waals surface area (Å²) in [6, 6.07) is 5.59. The number of nitrogens with zero attached hydrogens (tertiary/aromatic N) is 1. The van der Waals surface area contributed by atoms with Crippen LogP contribution in [-0.2, 0) is 14.3 Å². The summed E-state index contributed by atoms with van der Waals surface area (Å²) in [5.41, 5.74) is 1.11. The summed E-state index contributed by atoms with van der Waals surface area (Å²) in [7, 11) is 3.16. The first kappa shape index (κ1) is 22.0. The zero-order chi connectivity index (χ0) is 20.7. The number of benzene rings is 1. The molecule has 1 N–H and O–H groups in total. The number of fused-ring (bicyclic) bond motifs is 1. The third-order valence-corrected chi connectivity index (χ3v) is 4.87. The minimum absolute atomic E-state index is 0.252. The lowest BCUT2D eigenvalue weighted by atomic mass is 10.1. The molecular weight excluding hydrogens is 376 g/mol. The quantitative estimate of drug-likeness (QED) is 0.514. The number of thioether (sulfide) groups is 1. The molecular formula is C21H26N2O4S. The fourth-order valence-corrected chi connectivity index (χ4v) is 3.46. The van der Waals surface area contributed by atoms with E-state index in [4.69, 9.17) is 20.6 Å². The Morgan fingerprint density at radius 3 is 2.57 bits per heavy atom. The van der Waals surface area contributed by atoms with E-state index in [0.717, 1.165) is 16.5 Å². The number of nitrogens with one attached hydrogen (secondary N) is 1. The third kappa shape index (κ3) is 5.38. The van der Waals surface area contributed by atoms with Crippen molar-refractivity contribution in [2.24, 2.45) is 0 Å². The van der Waals surface area contributed by atoms with Gasteiger partial charge in [0.2, 0.25) is 5.44 Å². The van der Waals surface area contributed by atoms with Gasteiger partial charge >= 0.3 is 0 Å². The number of hydrogen-bond acceptors (Lipinski definition) is 6. The summed E-state index contributed by atoms with van der Waals surface area (Å²) >= 11 is 1.30. The third-order valence-electron chi connectivity index (χ3n) is 4.14. The minimum Gasteiger partial charge on any atom is -0.470 e. The molecule has 0 spiro atoms. The number of methoxy groups -OCH3 is 2. The lowest BCUT2D eigenvalue weighted by Gasteiger charge is -2.31. The first-order valence-corrected chi connectivity index (χ1v) is 10.0. The lowest BCUT2D eigenvalue weighted by molar-refractivity contribution is -0.127. The van der Waals surface area contributed by atoms with Gasteiger partial charge in [0.15, 0.2) is 0 Å². The number of rotatable bonds is 9. The van der Waals surface area contributed by atoms with E-state index in [2.05, 4.69) is 16.2 Å². The molecule has 0 bridgehead atoms. The Bertz CT molecular complexity index is 873. The molecule has 0 saturated heterocycles. The molecule has 0 saturated carbocycles. The summed E-state index contributed by atoms with van der Waals surface area (Å²) < 4.78 is 16.4. The number of aryl methyl sites for hydroxylation is 1. The first-order chi connectivity index (χ1) is 13.4. The van der Waals surface area contributed by atoms with Crippen LogP contribution in [0, 0.1) is 19.3 Å². The van der Waals surface area contributed by atoms with Crippen molar-refractivity contribution in [1.82, 2.24) is 10.3 Å². The van der Waals surface area contributed by atoms with Crippen molar-refractivity contribution in [2.75, 3.05) is 33.7 Å². The maximum Gasteiger partial charge on any atom is 0.272 e. The van der Waals surface area contributed by atoms with E-state index in [1.807, 2.05) is 38.3 Å². The van der Waals surface area contributed by atoms with Crippen molar-refractivity contribution in [3.8, 4) is 18.1 Å². The van der Waals surface area contributed by atoms with E-state index in [0.29, 0.717) is 24.5 Å². The highest BCUT2D eigenvalue weighted by Crippen LogP contribution is 2.26. The summed E-state index contributed by atoms with van der Waals surface area (Å²) in [4.78, 5) is 17.2. The van der Waals surface area contributed by atoms with Gasteiger partial charge in [-0.05, 0) is 43.9 Å². The normalized spacial score (nSPS) is 12.4. The SMILES string of the molecule is C#Cc1cnc2c(C)cc(OC(SC)C(=O)NC(C)(COC)COC)cc2c1. The van der Waals surface area contributed by atoms with Crippen LogP contribution in [0.4, 0.5) is 0 Å². The van der Waals surface area contributed by atoms with E-state index in [1.54, 1.807) is 20.4 Å². The molecule has 2 aromatic rings. The second kappa shape index (κ2) is 9.78. The zero-order valence-electron chi connectivity index (χ0n) is 16.9. The number of carbonyl (C=O) groups excluding carboxylic acids is 1. The summed E-state index contributed by atoms with van der Waals surface area (Å²) in [6.07, 6.45) is 8.96. The van der Waals surface area contributed by atoms with Crippen molar-refractivity contribution < 1.29 is 19.0 Å². The van der Waals surface area contributed by atoms with Crippen LogP contribution >= 0.6 is 11.8 Å². The maximum absolute atomic E-state index is 12.8. The number of amides is 1. The predicted molar refractivity (Wildman–Crippen MR) is 113 cm³/mol. The molecule has 6 nitrogen and oxygen atoms in total. The Morgan fingerprint density at radius 2 is 2.00 bits per heavy atom. The van der Waals surface area contributed by atoms with Crippen LogP contribution in [0.2, 0.25) is 0 Å². The highest BCUT2D eigenvalue weighted by Gasteiger charge is 2.31. The zero-order valence-corrected chi connectivity index (χ0v) is 17.7. The molecule has 1 unspecified atom stereocenters. The van der Waals surface area contributed by atoms with Crippen molar-refractivity contribution in [3.05, 3.63) is 35.5 Å². The van der Waals surface area contributed by atoms with Gasteiger partial charge < -0.3 is 19.5 Å². The summed E-state index contributed by atoms with van der Waals surface area (Å²) in [6.45, 7) is 4.45. The van der Waals surface area contributed by atoms with Crippen molar-refractivity contribution in [1.29, 1.82) is 0 Å². The molecule has 0 radical (unpaired) electrons. The van der Waals surface area contributed by atoms with Gasteiger partial charge in [-0.25, -0.2) is 0 Å². The van der Waals surface area contributed by atoms with E-state index in [-0.39, 0.29) is 5.91 Å². The molecule has 1 atom stereocenters. The number of pyridine rings is 1. The fraction of sp³-hybridized carbons (Fsp3) is 0.429. The highest BCUT2D eigenvalue weighted by molar-refractivity contribution is 7.99. The van der Waals surface area contributed by atoms with Crippen molar-refractivity contribution in [3.63, 3.8) is 0 Å². The lowest BCUT2D eigenvalue weighted by Crippen LogP contribution is -2.55. The molecule has 7 heteroatoms. The molecule has 1 aromatic heterocycles. The smallest absolute Gasteiger partial charge is 0.272 e. The van der Waals surface area contributed by atoms with E-state index >= 15 is 0 Å². The maximum atomic E-state index is 12.8. The fourth-order valence-electron chi connectivity index (χ4n) is 2.98. The number of carbonyl (C=O) groups is 1. The first-order valence-electron chi connectivity index (χ1n) is 8.72. The predicted octanol–water partition coefficient (Wildman–Crippen LogP) is 2.76. The molecule has 0 aliphatic carbocycles. The monoisotopic (exact) mass is 402 g/mol. The van der Waals surface area contributed by atoms with E-state index in [1.165, 1.54) is 11.8 Å². The second-order valence-corrected chi connectivity index (χ2v) is 7.68. The van der Waals surface area contributed by atoms with Crippen LogP contribution in [-0.4, -0.2) is 55.6 Å².